The molecule has 12 heavy (non-hydrogen) atoms. The number of nitrogens with one attached hydrogen (secondary N) is 1. The fourth-order valence-electron chi connectivity index (χ4n) is 2.08. The molecule has 0 aromatic rings. The van der Waals surface area contributed by atoms with Crippen LogP contribution in [0.2, 0.25) is 0 Å². The van der Waals surface area contributed by atoms with Crippen molar-refractivity contribution in [3.05, 3.63) is 0 Å². The van der Waals surface area contributed by atoms with E-state index in [4.69, 9.17) is 16.3 Å². The molecular formula is C9H16ClNO. The fourth-order valence-corrected chi connectivity index (χ4v) is 2.31. The standard InChI is InChI=1S/C9H16ClNO/c10-8-5-12-6-9(8)11-7-3-1-2-4-7/h7-9,11H,1-6H2. The maximum absolute atomic E-state index is 6.07. The molecule has 2 fully saturated rings. The summed E-state index contributed by atoms with van der Waals surface area (Å²) in [6.45, 7) is 1.51. The topological polar surface area (TPSA) is 21.3 Å². The molecule has 0 aromatic carbocycles. The Bertz CT molecular complexity index is 147. The van der Waals surface area contributed by atoms with E-state index in [9.17, 15) is 0 Å². The molecular weight excluding hydrogens is 174 g/mol. The SMILES string of the molecule is ClC1COCC1NC1CCCC1. The first-order valence-corrected chi connectivity index (χ1v) is 5.28. The van der Waals surface area contributed by atoms with Crippen molar-refractivity contribution in [2.45, 2.75) is 43.1 Å². The normalized spacial score (nSPS) is 37.8. The van der Waals surface area contributed by atoms with Crippen LogP contribution in [0.5, 0.6) is 0 Å². The molecule has 1 aliphatic heterocycles. The van der Waals surface area contributed by atoms with Gasteiger partial charge in [0.15, 0.2) is 0 Å². The van der Waals surface area contributed by atoms with Crippen molar-refractivity contribution in [1.82, 2.24) is 5.32 Å². The zero-order chi connectivity index (χ0) is 8.39. The zero-order valence-corrected chi connectivity index (χ0v) is 8.02. The number of rotatable bonds is 2. The zero-order valence-electron chi connectivity index (χ0n) is 7.26. The number of halogens is 1. The summed E-state index contributed by atoms with van der Waals surface area (Å²) in [4.78, 5) is 0. The van der Waals surface area contributed by atoms with Crippen molar-refractivity contribution in [3.63, 3.8) is 0 Å². The summed E-state index contributed by atoms with van der Waals surface area (Å²) in [6.07, 6.45) is 5.39. The van der Waals surface area contributed by atoms with Gasteiger partial charge in [-0.25, -0.2) is 0 Å². The quantitative estimate of drug-likeness (QED) is 0.666. The number of hydrogen-bond acceptors (Lipinski definition) is 2. The van der Waals surface area contributed by atoms with E-state index in [1.807, 2.05) is 0 Å². The van der Waals surface area contributed by atoms with E-state index < -0.39 is 0 Å². The van der Waals surface area contributed by atoms with E-state index in [0.717, 1.165) is 6.61 Å². The van der Waals surface area contributed by atoms with E-state index in [1.54, 1.807) is 0 Å². The van der Waals surface area contributed by atoms with Crippen molar-refractivity contribution in [1.29, 1.82) is 0 Å². The minimum absolute atomic E-state index is 0.186. The van der Waals surface area contributed by atoms with Gasteiger partial charge in [0.2, 0.25) is 0 Å². The third-order valence-corrected chi connectivity index (χ3v) is 3.25. The molecule has 3 heteroatoms. The summed E-state index contributed by atoms with van der Waals surface area (Å²) >= 11 is 6.07. The molecule has 2 aliphatic rings. The van der Waals surface area contributed by atoms with Crippen LogP contribution >= 0.6 is 11.6 Å². The fraction of sp³-hybridized carbons (Fsp3) is 1.00. The van der Waals surface area contributed by atoms with Crippen LogP contribution in [0.4, 0.5) is 0 Å². The Morgan fingerprint density at radius 2 is 1.92 bits per heavy atom. The Kier molecular flexibility index (Phi) is 2.89. The first-order chi connectivity index (χ1) is 5.86. The lowest BCUT2D eigenvalue weighted by molar-refractivity contribution is 0.188. The third-order valence-electron chi connectivity index (χ3n) is 2.82. The highest BCUT2D eigenvalue weighted by Crippen LogP contribution is 2.21. The molecule has 2 nitrogen and oxygen atoms in total. The Hall–Kier alpha value is 0.210. The average molecular weight is 190 g/mol. The van der Waals surface area contributed by atoms with Crippen molar-refractivity contribution < 1.29 is 4.74 Å². The predicted octanol–water partition coefficient (Wildman–Crippen LogP) is 1.52. The smallest absolute Gasteiger partial charge is 0.0745 e. The van der Waals surface area contributed by atoms with Gasteiger partial charge in [-0.1, -0.05) is 12.8 Å². The molecule has 0 aromatic heterocycles. The minimum atomic E-state index is 0.186. The molecule has 1 heterocycles. The molecule has 1 aliphatic carbocycles. The maximum Gasteiger partial charge on any atom is 0.0745 e. The van der Waals surface area contributed by atoms with Crippen LogP contribution in [0, 0.1) is 0 Å². The maximum atomic E-state index is 6.07. The van der Waals surface area contributed by atoms with Crippen LogP contribution in [0.3, 0.4) is 0 Å². The first-order valence-electron chi connectivity index (χ1n) is 4.84. The van der Waals surface area contributed by atoms with E-state index in [0.29, 0.717) is 18.7 Å². The average Bonchev–Trinajstić information content (AvgIpc) is 2.65. The lowest BCUT2D eigenvalue weighted by Crippen LogP contribution is -2.41. The Morgan fingerprint density at radius 1 is 1.17 bits per heavy atom. The van der Waals surface area contributed by atoms with Gasteiger partial charge in [0.05, 0.1) is 18.6 Å². The lowest BCUT2D eigenvalue weighted by atomic mass is 10.2. The van der Waals surface area contributed by atoms with Gasteiger partial charge in [0.1, 0.15) is 0 Å². The van der Waals surface area contributed by atoms with Crippen LogP contribution in [0.15, 0.2) is 0 Å². The Morgan fingerprint density at radius 3 is 2.50 bits per heavy atom. The minimum Gasteiger partial charge on any atom is -0.378 e. The van der Waals surface area contributed by atoms with Gasteiger partial charge >= 0.3 is 0 Å². The summed E-state index contributed by atoms with van der Waals surface area (Å²) in [5.74, 6) is 0. The van der Waals surface area contributed by atoms with Crippen LogP contribution in [-0.4, -0.2) is 30.7 Å². The van der Waals surface area contributed by atoms with Crippen LogP contribution < -0.4 is 5.32 Å². The molecule has 2 atom stereocenters. The highest BCUT2D eigenvalue weighted by Gasteiger charge is 2.28. The van der Waals surface area contributed by atoms with Crippen molar-refractivity contribution in [3.8, 4) is 0 Å². The number of ether oxygens (including phenoxy) is 1. The van der Waals surface area contributed by atoms with Crippen LogP contribution in [0.25, 0.3) is 0 Å². The molecule has 1 saturated carbocycles. The van der Waals surface area contributed by atoms with Crippen LogP contribution in [-0.2, 0) is 4.74 Å². The van der Waals surface area contributed by atoms with Gasteiger partial charge < -0.3 is 10.1 Å². The van der Waals surface area contributed by atoms with Gasteiger partial charge in [-0.3, -0.25) is 0 Å². The van der Waals surface area contributed by atoms with E-state index in [-0.39, 0.29) is 5.38 Å². The van der Waals surface area contributed by atoms with Gasteiger partial charge in [0, 0.05) is 12.1 Å². The monoisotopic (exact) mass is 189 g/mol. The van der Waals surface area contributed by atoms with Gasteiger partial charge in [-0.2, -0.15) is 0 Å². The summed E-state index contributed by atoms with van der Waals surface area (Å²) in [6, 6.07) is 1.10. The molecule has 0 amide bonds. The molecule has 1 saturated heterocycles. The lowest BCUT2D eigenvalue weighted by Gasteiger charge is -2.19. The van der Waals surface area contributed by atoms with Gasteiger partial charge in [0.25, 0.3) is 0 Å². The molecule has 0 radical (unpaired) electrons. The number of hydrogen-bond donors (Lipinski definition) is 1. The van der Waals surface area contributed by atoms with Crippen molar-refractivity contribution >= 4 is 11.6 Å². The largest absolute Gasteiger partial charge is 0.378 e. The molecule has 2 rings (SSSR count). The summed E-state index contributed by atoms with van der Waals surface area (Å²) < 4.78 is 5.29. The molecule has 1 N–H and O–H groups in total. The predicted molar refractivity (Wildman–Crippen MR) is 49.6 cm³/mol. The highest BCUT2D eigenvalue weighted by atomic mass is 35.5. The first kappa shape index (κ1) is 8.79. The second-order valence-electron chi connectivity index (χ2n) is 3.81. The van der Waals surface area contributed by atoms with Gasteiger partial charge in [-0.15, -0.1) is 11.6 Å². The molecule has 0 bridgehead atoms. The Labute approximate surface area is 78.6 Å². The van der Waals surface area contributed by atoms with Crippen molar-refractivity contribution in [2.75, 3.05) is 13.2 Å². The molecule has 0 spiro atoms. The molecule has 2 unspecified atom stereocenters. The summed E-state index contributed by atoms with van der Waals surface area (Å²) in [7, 11) is 0. The second-order valence-corrected chi connectivity index (χ2v) is 4.37. The Balaban J connectivity index is 1.77. The molecule has 70 valence electrons. The van der Waals surface area contributed by atoms with E-state index >= 15 is 0 Å². The van der Waals surface area contributed by atoms with Crippen molar-refractivity contribution in [2.24, 2.45) is 0 Å². The number of alkyl halides is 1. The highest BCUT2D eigenvalue weighted by molar-refractivity contribution is 6.21. The summed E-state index contributed by atoms with van der Waals surface area (Å²) in [5.41, 5.74) is 0. The second kappa shape index (κ2) is 3.95. The van der Waals surface area contributed by atoms with E-state index in [2.05, 4.69) is 5.32 Å². The third kappa shape index (κ3) is 1.93. The van der Waals surface area contributed by atoms with E-state index in [1.165, 1.54) is 25.7 Å². The van der Waals surface area contributed by atoms with Crippen LogP contribution in [0.1, 0.15) is 25.7 Å². The summed E-state index contributed by atoms with van der Waals surface area (Å²) in [5, 5.41) is 3.76. The van der Waals surface area contributed by atoms with Gasteiger partial charge in [-0.05, 0) is 12.8 Å².